The normalized spacial score (nSPS) is 12.6. The van der Waals surface area contributed by atoms with Crippen molar-refractivity contribution in [1.82, 2.24) is 51.8 Å². The molecule has 0 spiro atoms. The predicted molar refractivity (Wildman–Crippen MR) is 356 cm³/mol. The van der Waals surface area contributed by atoms with Crippen LogP contribution in [0.4, 0.5) is 66.4 Å². The molecular formula is C57H81N19O27. The number of nitrogens with one attached hydrogen (secondary N) is 12. The van der Waals surface area contributed by atoms with Crippen LogP contribution in [-0.2, 0) is 43.2 Å². The molecule has 3 rings (SSSR count). The number of nitrogens with zero attached hydrogens (tertiary/aromatic N) is 7. The molecule has 21 N–H and O–H groups in total. The fourth-order valence-corrected chi connectivity index (χ4v) is 9.31. The summed E-state index contributed by atoms with van der Waals surface area (Å²) < 4.78 is 0. The lowest BCUT2D eigenvalue weighted by atomic mass is 10.1. The fourth-order valence-electron chi connectivity index (χ4n) is 9.31. The summed E-state index contributed by atoms with van der Waals surface area (Å²) in [6, 6.07) is -5.41. The minimum Gasteiger partial charge on any atom is -0.481 e. The van der Waals surface area contributed by atoms with Gasteiger partial charge in [-0.2, -0.15) is 0 Å². The maximum Gasteiger partial charge on any atom is 0.326 e. The first kappa shape index (κ1) is 84.7. The van der Waals surface area contributed by atoms with Crippen LogP contribution in [0.5, 0.6) is 0 Å². The molecule has 0 aliphatic carbocycles. The number of rotatable bonds is 54. The summed E-state index contributed by atoms with van der Waals surface area (Å²) in [6.07, 6.45) is -2.86. The summed E-state index contributed by atoms with van der Waals surface area (Å²) in [5, 5.41) is 150. The second kappa shape index (κ2) is 44.5. The van der Waals surface area contributed by atoms with Gasteiger partial charge >= 0.3 is 88.9 Å². The van der Waals surface area contributed by atoms with Crippen molar-refractivity contribution in [2.45, 2.75) is 133 Å². The minimum absolute atomic E-state index is 0.0105. The van der Waals surface area contributed by atoms with Gasteiger partial charge < -0.3 is 110 Å². The first-order valence-electron chi connectivity index (χ1n) is 31.6. The standard InChI is InChI=1S/C57H81N19O27/c77-43(78)19-10-34(52(89)90)67-55(95)64-31(49(83)84)7-1-4-22-61-46-37(74(98)99)13-16-40(70-46)58-25-28-73(29-26-59-41-17-14-38(75(100)101)47(71-41)62-23-5-2-8-32(50(85)86)65-56(96)68-35(53(91)92)11-20-44(79)80)30-27-60-42-18-15-39(76(102)103)48(72-42)63-24-6-3-9-33(51(87)88)66-57(97)69-36(54(93)94)12-21-45(81)82/h13-18,31-36H,1-12,19-30H2,(H,77,78)(H,79,80)(H,81,82)(H,83,84)(H,85,86)(H,87,88)(H,89,90)(H,91,92)(H,93,94)(H2,58,61,70)(H2,59,62,71)(H2,60,63,72)(H2,64,67,95)(H2,65,68,96)(H2,66,69,97)/t31-,32-,33-,34-,35-,36-/m0/s1. The average Bonchev–Trinajstić information content (AvgIpc) is 0.857. The Morgan fingerprint density at radius 2 is 0.553 bits per heavy atom. The van der Waals surface area contributed by atoms with Gasteiger partial charge in [0.1, 0.15) is 53.7 Å². The molecule has 0 aliphatic heterocycles. The van der Waals surface area contributed by atoms with Crippen molar-refractivity contribution in [3.63, 3.8) is 0 Å². The molecule has 46 heteroatoms. The molecular weight excluding hydrogens is 1380 g/mol. The molecule has 3 aromatic rings. The zero-order valence-corrected chi connectivity index (χ0v) is 54.9. The summed E-state index contributed by atoms with van der Waals surface area (Å²) in [5.41, 5.74) is -1.29. The molecule has 103 heavy (non-hydrogen) atoms. The van der Waals surface area contributed by atoms with E-state index in [0.29, 0.717) is 0 Å². The number of aliphatic carboxylic acids is 9. The molecule has 0 fully saturated rings. The van der Waals surface area contributed by atoms with E-state index in [1.807, 2.05) is 20.9 Å². The SMILES string of the molecule is O=C(O)CC[C@H](NC(=O)N[C@@H](CCCCNc1nc(NCCN(CCNc2ccc([N+](=O)[O-])c(NCCCC[C@H](NC(=O)N[C@@H](CCC(=O)O)C(=O)O)C(=O)O)n2)CCNc2ccc([N+](=O)[O-])c(NCCCC[C@H](NC(=O)N[C@@H](CCC(=O)O)C(=O)O)C(=O)O)n2)ccc1[N+](=O)[O-])C(=O)O)C(=O)O. The second-order valence-electron chi connectivity index (χ2n) is 22.3. The van der Waals surface area contributed by atoms with Crippen molar-refractivity contribution in [3.8, 4) is 0 Å². The van der Waals surface area contributed by atoms with Crippen molar-refractivity contribution in [3.05, 3.63) is 66.7 Å². The monoisotopic (exact) mass is 1460 g/mol. The third kappa shape index (κ3) is 33.2. The van der Waals surface area contributed by atoms with Crippen LogP contribution in [0.15, 0.2) is 36.4 Å². The van der Waals surface area contributed by atoms with E-state index in [1.165, 1.54) is 36.4 Å². The average molecular weight is 1460 g/mol. The van der Waals surface area contributed by atoms with Gasteiger partial charge in [-0.3, -0.25) is 49.6 Å². The first-order valence-corrected chi connectivity index (χ1v) is 31.6. The van der Waals surface area contributed by atoms with Gasteiger partial charge in [0.2, 0.25) is 17.5 Å². The van der Waals surface area contributed by atoms with Crippen molar-refractivity contribution >= 4 is 124 Å². The van der Waals surface area contributed by atoms with Gasteiger partial charge in [-0.05, 0) is 95.2 Å². The molecule has 3 aromatic heterocycles. The number of carbonyl (C=O) groups is 12. The van der Waals surface area contributed by atoms with E-state index in [9.17, 15) is 119 Å². The van der Waals surface area contributed by atoms with E-state index < -0.39 is 178 Å². The zero-order chi connectivity index (χ0) is 76.7. The largest absolute Gasteiger partial charge is 0.481 e. The molecule has 566 valence electrons. The highest BCUT2D eigenvalue weighted by Crippen LogP contribution is 2.27. The number of unbranched alkanes of at least 4 members (excludes halogenated alkanes) is 3. The number of hydrogen-bond donors (Lipinski definition) is 21. The Labute approximate surface area is 582 Å². The van der Waals surface area contributed by atoms with Gasteiger partial charge in [0.15, 0.2) is 0 Å². The van der Waals surface area contributed by atoms with E-state index in [-0.39, 0.29) is 152 Å². The summed E-state index contributed by atoms with van der Waals surface area (Å²) in [5.74, 6) is -13.1. The Morgan fingerprint density at radius 1 is 0.330 bits per heavy atom. The van der Waals surface area contributed by atoms with Gasteiger partial charge in [-0.25, -0.2) is 58.1 Å². The second-order valence-corrected chi connectivity index (χ2v) is 22.3. The van der Waals surface area contributed by atoms with Gasteiger partial charge in [0.05, 0.1) is 14.8 Å². The van der Waals surface area contributed by atoms with Crippen LogP contribution in [-0.4, -0.2) is 248 Å². The Morgan fingerprint density at radius 3 is 0.757 bits per heavy atom. The summed E-state index contributed by atoms with van der Waals surface area (Å²) in [6.45, 7) is 1.01. The lowest BCUT2D eigenvalue weighted by molar-refractivity contribution is -0.384. The van der Waals surface area contributed by atoms with Gasteiger partial charge in [0, 0.05) is 96.4 Å². The van der Waals surface area contributed by atoms with Gasteiger partial charge in [-0.15, -0.1) is 0 Å². The number of urea groups is 3. The van der Waals surface area contributed by atoms with Crippen molar-refractivity contribution in [2.24, 2.45) is 0 Å². The van der Waals surface area contributed by atoms with E-state index in [0.717, 1.165) is 0 Å². The zero-order valence-electron chi connectivity index (χ0n) is 54.9. The van der Waals surface area contributed by atoms with Crippen LogP contribution in [0.3, 0.4) is 0 Å². The van der Waals surface area contributed by atoms with Gasteiger partial charge in [0.25, 0.3) is 0 Å². The number of anilines is 6. The molecule has 0 unspecified atom stereocenters. The lowest BCUT2D eigenvalue weighted by Crippen LogP contribution is -2.51. The topological polar surface area (TPSA) is 703 Å². The van der Waals surface area contributed by atoms with E-state index in [4.69, 9.17) is 15.3 Å². The maximum absolute atomic E-state index is 12.5. The van der Waals surface area contributed by atoms with Crippen LogP contribution in [0, 0.1) is 30.3 Å². The number of carboxylic acid groups (broad SMARTS) is 9. The van der Waals surface area contributed by atoms with Crippen molar-refractivity contribution < 1.29 is 118 Å². The van der Waals surface area contributed by atoms with Crippen LogP contribution in [0.25, 0.3) is 0 Å². The molecule has 0 saturated heterocycles. The molecule has 0 bridgehead atoms. The molecule has 3 heterocycles. The quantitative estimate of drug-likeness (QED) is 0.0216. The van der Waals surface area contributed by atoms with Crippen LogP contribution < -0.4 is 63.8 Å². The van der Waals surface area contributed by atoms with E-state index in [2.05, 4.69) is 62.8 Å². The number of hydrogen-bond acceptors (Lipinski definition) is 28. The predicted octanol–water partition coefficient (Wildman–Crippen LogP) is 1.49. The molecule has 0 aliphatic rings. The number of amides is 6. The number of carboxylic acids is 9. The number of nitro groups is 3. The molecule has 0 aromatic carbocycles. The smallest absolute Gasteiger partial charge is 0.326 e. The number of aromatic nitrogens is 3. The Hall–Kier alpha value is -12.5. The highest BCUT2D eigenvalue weighted by atomic mass is 16.6. The molecule has 0 radical (unpaired) electrons. The first-order chi connectivity index (χ1) is 48.7. The maximum atomic E-state index is 12.5. The summed E-state index contributed by atoms with van der Waals surface area (Å²) >= 11 is 0. The number of pyridine rings is 3. The Kier molecular flexibility index (Phi) is 36.6. The minimum atomic E-state index is -1.63. The van der Waals surface area contributed by atoms with E-state index >= 15 is 0 Å². The highest BCUT2D eigenvalue weighted by molar-refractivity contribution is 5.88. The van der Waals surface area contributed by atoms with Crippen LogP contribution in [0.1, 0.15) is 96.3 Å². The molecule has 6 amide bonds. The van der Waals surface area contributed by atoms with Crippen molar-refractivity contribution in [1.29, 1.82) is 0 Å². The van der Waals surface area contributed by atoms with E-state index in [1.54, 1.807) is 0 Å². The Balaban J connectivity index is 1.76. The van der Waals surface area contributed by atoms with Crippen LogP contribution >= 0.6 is 0 Å². The molecule has 0 saturated carbocycles. The summed E-state index contributed by atoms with van der Waals surface area (Å²) in [4.78, 5) is 189. The number of carbonyl (C=O) groups excluding carboxylic acids is 3. The lowest BCUT2D eigenvalue weighted by Gasteiger charge is -2.23. The van der Waals surface area contributed by atoms with Crippen molar-refractivity contribution in [2.75, 3.05) is 90.8 Å². The fraction of sp³-hybridized carbons (Fsp3) is 0.526. The third-order valence-corrected chi connectivity index (χ3v) is 14.6. The molecule has 46 nitrogen and oxygen atoms in total. The molecule has 6 atom stereocenters. The summed E-state index contributed by atoms with van der Waals surface area (Å²) in [7, 11) is 0. The van der Waals surface area contributed by atoms with Crippen LogP contribution in [0.2, 0.25) is 0 Å². The third-order valence-electron chi connectivity index (χ3n) is 14.6. The Bertz CT molecular complexity index is 3130. The van der Waals surface area contributed by atoms with Gasteiger partial charge in [-0.1, -0.05) is 0 Å². The highest BCUT2D eigenvalue weighted by Gasteiger charge is 2.29.